The van der Waals surface area contributed by atoms with E-state index < -0.39 is 5.91 Å². The van der Waals surface area contributed by atoms with E-state index in [1.54, 1.807) is 18.2 Å². The summed E-state index contributed by atoms with van der Waals surface area (Å²) in [4.78, 5) is 19.5. The highest BCUT2D eigenvalue weighted by Crippen LogP contribution is 2.20. The molecule has 0 saturated heterocycles. The third-order valence-corrected chi connectivity index (χ3v) is 2.29. The van der Waals surface area contributed by atoms with Crippen LogP contribution in [0.15, 0.2) is 24.3 Å². The van der Waals surface area contributed by atoms with Crippen LogP contribution in [0.4, 0.5) is 5.82 Å². The van der Waals surface area contributed by atoms with Gasteiger partial charge in [0.1, 0.15) is 6.42 Å². The van der Waals surface area contributed by atoms with Gasteiger partial charge in [-0.15, -0.1) is 0 Å². The summed E-state index contributed by atoms with van der Waals surface area (Å²) in [7, 11) is 0. The molecule has 0 aliphatic heterocycles. The Hall–Kier alpha value is -2.19. The first-order valence-electron chi connectivity index (χ1n) is 4.80. The summed E-state index contributed by atoms with van der Waals surface area (Å²) >= 11 is 5.88. The molecular weight excluding hydrogens is 240 g/mol. The summed E-state index contributed by atoms with van der Waals surface area (Å²) in [5.41, 5.74) is 1.28. The van der Waals surface area contributed by atoms with E-state index in [1.165, 1.54) is 0 Å². The summed E-state index contributed by atoms with van der Waals surface area (Å²) in [5.74, 6) is -0.287. The largest absolute Gasteiger partial charge is 0.307 e. The van der Waals surface area contributed by atoms with Crippen molar-refractivity contribution in [2.45, 2.75) is 6.42 Å². The molecule has 0 fully saturated rings. The quantitative estimate of drug-likeness (QED) is 0.880. The first kappa shape index (κ1) is 11.3. The molecule has 2 rings (SSSR count). The van der Waals surface area contributed by atoms with Crippen LogP contribution in [-0.4, -0.2) is 15.9 Å². The van der Waals surface area contributed by atoms with E-state index in [0.717, 1.165) is 0 Å². The molecule has 0 bridgehead atoms. The SMILES string of the molecule is N#CCC(=O)Nc1nc2ccccc2nc1Cl. The molecule has 6 heteroatoms. The summed E-state index contributed by atoms with van der Waals surface area (Å²) < 4.78 is 0. The predicted octanol–water partition coefficient (Wildman–Crippen LogP) is 2.14. The van der Waals surface area contributed by atoms with Gasteiger partial charge in [0.05, 0.1) is 17.1 Å². The first-order chi connectivity index (χ1) is 8.20. The number of anilines is 1. The van der Waals surface area contributed by atoms with Gasteiger partial charge in [0.25, 0.3) is 0 Å². The molecule has 1 amide bonds. The number of hydrogen-bond acceptors (Lipinski definition) is 4. The number of rotatable bonds is 2. The van der Waals surface area contributed by atoms with Crippen molar-refractivity contribution in [2.24, 2.45) is 0 Å². The minimum atomic E-state index is -0.459. The van der Waals surface area contributed by atoms with Crippen LogP contribution in [0.2, 0.25) is 5.15 Å². The van der Waals surface area contributed by atoms with E-state index in [2.05, 4.69) is 15.3 Å². The fourth-order valence-corrected chi connectivity index (χ4v) is 1.49. The lowest BCUT2D eigenvalue weighted by atomic mass is 10.3. The number of para-hydroxylation sites is 2. The Balaban J connectivity index is 2.38. The maximum absolute atomic E-state index is 11.2. The smallest absolute Gasteiger partial charge is 0.239 e. The van der Waals surface area contributed by atoms with Gasteiger partial charge in [-0.05, 0) is 12.1 Å². The number of benzene rings is 1. The molecule has 0 aliphatic rings. The van der Waals surface area contributed by atoms with Gasteiger partial charge in [-0.1, -0.05) is 23.7 Å². The molecular formula is C11H7ClN4O. The normalized spacial score (nSPS) is 9.88. The lowest BCUT2D eigenvalue weighted by molar-refractivity contribution is -0.115. The van der Waals surface area contributed by atoms with Crippen molar-refractivity contribution in [1.29, 1.82) is 5.26 Å². The van der Waals surface area contributed by atoms with E-state index in [9.17, 15) is 4.79 Å². The van der Waals surface area contributed by atoms with Gasteiger partial charge >= 0.3 is 0 Å². The van der Waals surface area contributed by atoms with Gasteiger partial charge < -0.3 is 5.32 Å². The van der Waals surface area contributed by atoms with Crippen LogP contribution in [0.25, 0.3) is 11.0 Å². The van der Waals surface area contributed by atoms with Crippen molar-refractivity contribution in [3.05, 3.63) is 29.4 Å². The van der Waals surface area contributed by atoms with Crippen molar-refractivity contribution >= 4 is 34.4 Å². The minimum Gasteiger partial charge on any atom is -0.307 e. The molecule has 1 aromatic carbocycles. The Morgan fingerprint density at radius 1 is 1.35 bits per heavy atom. The van der Waals surface area contributed by atoms with Gasteiger partial charge in [-0.25, -0.2) is 9.97 Å². The minimum absolute atomic E-state index is 0.106. The zero-order chi connectivity index (χ0) is 12.3. The molecule has 1 N–H and O–H groups in total. The molecule has 2 aromatic rings. The Labute approximate surface area is 102 Å². The van der Waals surface area contributed by atoms with E-state index in [1.807, 2.05) is 12.1 Å². The van der Waals surface area contributed by atoms with Crippen LogP contribution in [-0.2, 0) is 4.79 Å². The predicted molar refractivity (Wildman–Crippen MR) is 63.4 cm³/mol. The molecule has 0 spiro atoms. The lowest BCUT2D eigenvalue weighted by Crippen LogP contribution is -2.12. The van der Waals surface area contributed by atoms with Gasteiger partial charge in [-0.3, -0.25) is 4.79 Å². The molecule has 1 heterocycles. The molecule has 0 saturated carbocycles. The number of nitrogens with one attached hydrogen (secondary N) is 1. The zero-order valence-corrected chi connectivity index (χ0v) is 9.40. The maximum Gasteiger partial charge on any atom is 0.239 e. The maximum atomic E-state index is 11.2. The number of halogens is 1. The average Bonchev–Trinajstić information content (AvgIpc) is 2.30. The zero-order valence-electron chi connectivity index (χ0n) is 8.64. The third kappa shape index (κ3) is 2.49. The summed E-state index contributed by atoms with van der Waals surface area (Å²) in [6.07, 6.45) is -0.245. The van der Waals surface area contributed by atoms with Crippen molar-refractivity contribution in [3.63, 3.8) is 0 Å². The number of hydrogen-bond donors (Lipinski definition) is 1. The number of amides is 1. The van der Waals surface area contributed by atoms with E-state index in [-0.39, 0.29) is 17.4 Å². The topological polar surface area (TPSA) is 78.7 Å². The summed E-state index contributed by atoms with van der Waals surface area (Å²) in [6.45, 7) is 0. The van der Waals surface area contributed by atoms with Crippen LogP contribution in [0.1, 0.15) is 6.42 Å². The first-order valence-corrected chi connectivity index (χ1v) is 5.17. The second-order valence-corrected chi connectivity index (χ2v) is 3.59. The second kappa shape index (κ2) is 4.76. The summed E-state index contributed by atoms with van der Waals surface area (Å²) in [5, 5.41) is 10.9. The molecule has 0 atom stereocenters. The van der Waals surface area contributed by atoms with Crippen LogP contribution < -0.4 is 5.32 Å². The van der Waals surface area contributed by atoms with Crippen molar-refractivity contribution in [3.8, 4) is 6.07 Å². The van der Waals surface area contributed by atoms with E-state index in [4.69, 9.17) is 16.9 Å². The number of carbonyl (C=O) groups excluding carboxylic acids is 1. The Morgan fingerprint density at radius 2 is 2.00 bits per heavy atom. The number of nitrogens with zero attached hydrogens (tertiary/aromatic N) is 3. The van der Waals surface area contributed by atoms with Crippen LogP contribution >= 0.6 is 11.6 Å². The highest BCUT2D eigenvalue weighted by atomic mass is 35.5. The van der Waals surface area contributed by atoms with Crippen LogP contribution in [0.5, 0.6) is 0 Å². The summed E-state index contributed by atoms with van der Waals surface area (Å²) in [6, 6.07) is 8.91. The fraction of sp³-hybridized carbons (Fsp3) is 0.0909. The second-order valence-electron chi connectivity index (χ2n) is 3.23. The monoisotopic (exact) mass is 246 g/mol. The van der Waals surface area contributed by atoms with Crippen LogP contribution in [0, 0.1) is 11.3 Å². The standard InChI is InChI=1S/C11H7ClN4O/c12-10-11(16-9(17)5-6-13)15-8-4-2-1-3-7(8)14-10/h1-4H,5H2,(H,15,16,17). The lowest BCUT2D eigenvalue weighted by Gasteiger charge is -2.05. The molecule has 5 nitrogen and oxygen atoms in total. The van der Waals surface area contributed by atoms with Crippen molar-refractivity contribution in [1.82, 2.24) is 9.97 Å². The number of fused-ring (bicyclic) bond motifs is 1. The molecule has 0 aliphatic carbocycles. The van der Waals surface area contributed by atoms with Crippen molar-refractivity contribution < 1.29 is 4.79 Å². The Kier molecular flexibility index (Phi) is 3.17. The van der Waals surface area contributed by atoms with Crippen molar-refractivity contribution in [2.75, 3.05) is 5.32 Å². The Bertz CT molecular complexity index is 620. The van der Waals surface area contributed by atoms with E-state index >= 15 is 0 Å². The van der Waals surface area contributed by atoms with Gasteiger partial charge in [0, 0.05) is 0 Å². The van der Waals surface area contributed by atoms with Gasteiger partial charge in [-0.2, -0.15) is 5.26 Å². The molecule has 0 unspecified atom stereocenters. The highest BCUT2D eigenvalue weighted by molar-refractivity contribution is 6.32. The molecule has 17 heavy (non-hydrogen) atoms. The molecule has 1 aromatic heterocycles. The van der Waals surface area contributed by atoms with Crippen LogP contribution in [0.3, 0.4) is 0 Å². The van der Waals surface area contributed by atoms with E-state index in [0.29, 0.717) is 11.0 Å². The average molecular weight is 247 g/mol. The number of nitriles is 1. The Morgan fingerprint density at radius 3 is 2.65 bits per heavy atom. The number of carbonyl (C=O) groups is 1. The van der Waals surface area contributed by atoms with Gasteiger partial charge in [0.15, 0.2) is 11.0 Å². The molecule has 84 valence electrons. The van der Waals surface area contributed by atoms with Gasteiger partial charge in [0.2, 0.25) is 5.91 Å². The molecule has 0 radical (unpaired) electrons. The number of aromatic nitrogens is 2. The highest BCUT2D eigenvalue weighted by Gasteiger charge is 2.09. The fourth-order valence-electron chi connectivity index (χ4n) is 1.31. The third-order valence-electron chi connectivity index (χ3n) is 2.03.